The number of rotatable bonds is 1. The van der Waals surface area contributed by atoms with Crippen molar-refractivity contribution in [3.05, 3.63) is 0 Å². The van der Waals surface area contributed by atoms with Gasteiger partial charge in [0.15, 0.2) is 0 Å². The molecule has 60 valence electrons. The van der Waals surface area contributed by atoms with Gasteiger partial charge >= 0.3 is 5.97 Å². The van der Waals surface area contributed by atoms with Gasteiger partial charge in [0.05, 0.1) is 5.92 Å². The quantitative estimate of drug-likeness (QED) is 0.526. The van der Waals surface area contributed by atoms with Gasteiger partial charge in [-0.15, -0.1) is 0 Å². The van der Waals surface area contributed by atoms with Crippen LogP contribution in [0.2, 0.25) is 0 Å². The second-order valence-corrected chi connectivity index (χ2v) is 2.68. The molecule has 2 N–H and O–H groups in total. The number of carboxylic acids is 1. The third-order valence-electron chi connectivity index (χ3n) is 1.87. The number of hydrogen-bond donors (Lipinski definition) is 2. The molecule has 0 spiro atoms. The van der Waals surface area contributed by atoms with Crippen molar-refractivity contribution in [3.63, 3.8) is 0 Å². The fraction of sp³-hybridized carbons (Fsp3) is 0.625. The zero-order valence-corrected chi connectivity index (χ0v) is 6.08. The lowest BCUT2D eigenvalue weighted by atomic mass is 9.75. The molecule has 1 saturated carbocycles. The number of hydrogen-bond acceptors (Lipinski definition) is 2. The minimum absolute atomic E-state index is 0.131. The summed E-state index contributed by atoms with van der Waals surface area (Å²) in [5, 5.41) is 16.8. The fourth-order valence-electron chi connectivity index (χ4n) is 1.13. The topological polar surface area (TPSA) is 57.5 Å². The summed E-state index contributed by atoms with van der Waals surface area (Å²) in [5.74, 6) is 4.58. The van der Waals surface area contributed by atoms with Crippen molar-refractivity contribution in [3.8, 4) is 11.8 Å². The van der Waals surface area contributed by atoms with Crippen molar-refractivity contribution in [2.75, 3.05) is 6.61 Å². The predicted molar refractivity (Wildman–Crippen MR) is 38.7 cm³/mol. The molecule has 3 nitrogen and oxygen atoms in total. The SMILES string of the molecule is O=C(O)C1CC(C#CCO)C1. The summed E-state index contributed by atoms with van der Waals surface area (Å²) in [6.45, 7) is -0.131. The molecule has 0 aromatic carbocycles. The molecule has 1 aliphatic rings. The van der Waals surface area contributed by atoms with Gasteiger partial charge in [0.25, 0.3) is 0 Å². The Bertz CT molecular complexity index is 205. The van der Waals surface area contributed by atoms with Gasteiger partial charge < -0.3 is 10.2 Å². The van der Waals surface area contributed by atoms with Crippen LogP contribution >= 0.6 is 0 Å². The first kappa shape index (κ1) is 8.09. The first-order valence-corrected chi connectivity index (χ1v) is 3.56. The summed E-state index contributed by atoms with van der Waals surface area (Å²) in [4.78, 5) is 10.3. The number of aliphatic hydroxyl groups is 1. The van der Waals surface area contributed by atoms with Gasteiger partial charge in [-0.2, -0.15) is 0 Å². The fourth-order valence-corrected chi connectivity index (χ4v) is 1.13. The normalized spacial score (nSPS) is 28.1. The Morgan fingerprint density at radius 3 is 2.64 bits per heavy atom. The molecule has 0 saturated heterocycles. The third kappa shape index (κ3) is 1.95. The molecule has 0 atom stereocenters. The van der Waals surface area contributed by atoms with Crippen LogP contribution in [0.3, 0.4) is 0 Å². The third-order valence-corrected chi connectivity index (χ3v) is 1.87. The van der Waals surface area contributed by atoms with E-state index < -0.39 is 5.97 Å². The van der Waals surface area contributed by atoms with Gasteiger partial charge in [0.1, 0.15) is 6.61 Å². The second-order valence-electron chi connectivity index (χ2n) is 2.68. The van der Waals surface area contributed by atoms with E-state index in [9.17, 15) is 4.79 Å². The van der Waals surface area contributed by atoms with Crippen molar-refractivity contribution < 1.29 is 15.0 Å². The largest absolute Gasteiger partial charge is 0.481 e. The van der Waals surface area contributed by atoms with E-state index >= 15 is 0 Å². The standard InChI is InChI=1S/C8H10O3/c9-3-1-2-6-4-7(5-6)8(10)11/h6-7,9H,3-5H2,(H,10,11). The monoisotopic (exact) mass is 154 g/mol. The average Bonchev–Trinajstić information content (AvgIpc) is 1.84. The van der Waals surface area contributed by atoms with Crippen LogP contribution in [-0.2, 0) is 4.79 Å². The van der Waals surface area contributed by atoms with Crippen molar-refractivity contribution in [1.82, 2.24) is 0 Å². The van der Waals surface area contributed by atoms with E-state index in [4.69, 9.17) is 10.2 Å². The lowest BCUT2D eigenvalue weighted by Gasteiger charge is -2.27. The summed E-state index contributed by atoms with van der Waals surface area (Å²) in [5.41, 5.74) is 0. The molecule has 1 aliphatic carbocycles. The Kier molecular flexibility index (Phi) is 2.50. The highest BCUT2D eigenvalue weighted by molar-refractivity contribution is 5.71. The van der Waals surface area contributed by atoms with E-state index in [2.05, 4.69) is 11.8 Å². The zero-order valence-electron chi connectivity index (χ0n) is 6.08. The number of carboxylic acid groups (broad SMARTS) is 1. The highest BCUT2D eigenvalue weighted by Crippen LogP contribution is 2.32. The van der Waals surface area contributed by atoms with Crippen LogP contribution in [0.25, 0.3) is 0 Å². The average molecular weight is 154 g/mol. The first-order valence-electron chi connectivity index (χ1n) is 3.56. The summed E-state index contributed by atoms with van der Waals surface area (Å²) in [6.07, 6.45) is 1.28. The minimum Gasteiger partial charge on any atom is -0.481 e. The molecule has 0 aromatic rings. The lowest BCUT2D eigenvalue weighted by molar-refractivity contribution is -0.145. The molecule has 1 rings (SSSR count). The lowest BCUT2D eigenvalue weighted by Crippen LogP contribution is -2.29. The summed E-state index contributed by atoms with van der Waals surface area (Å²) in [7, 11) is 0. The molecule has 11 heavy (non-hydrogen) atoms. The van der Waals surface area contributed by atoms with Gasteiger partial charge in [0, 0.05) is 5.92 Å². The van der Waals surface area contributed by atoms with E-state index in [1.54, 1.807) is 0 Å². The highest BCUT2D eigenvalue weighted by Gasteiger charge is 2.32. The number of aliphatic hydroxyl groups excluding tert-OH is 1. The van der Waals surface area contributed by atoms with Crippen molar-refractivity contribution in [2.45, 2.75) is 12.8 Å². The smallest absolute Gasteiger partial charge is 0.306 e. The molecule has 0 unspecified atom stereocenters. The summed E-state index contributed by atoms with van der Waals surface area (Å²) < 4.78 is 0. The van der Waals surface area contributed by atoms with Crippen LogP contribution in [0.4, 0.5) is 0 Å². The summed E-state index contributed by atoms with van der Waals surface area (Å²) in [6, 6.07) is 0. The van der Waals surface area contributed by atoms with Crippen LogP contribution in [0.1, 0.15) is 12.8 Å². The van der Waals surface area contributed by atoms with E-state index in [-0.39, 0.29) is 18.4 Å². The molecular weight excluding hydrogens is 144 g/mol. The van der Waals surface area contributed by atoms with Crippen LogP contribution in [0.15, 0.2) is 0 Å². The second kappa shape index (κ2) is 3.40. The molecule has 0 heterocycles. The number of aliphatic carboxylic acids is 1. The van der Waals surface area contributed by atoms with Crippen LogP contribution in [-0.4, -0.2) is 22.8 Å². The Morgan fingerprint density at radius 2 is 2.18 bits per heavy atom. The Balaban J connectivity index is 2.24. The molecular formula is C8H10O3. The van der Waals surface area contributed by atoms with E-state index in [1.165, 1.54) is 0 Å². The molecule has 0 aromatic heterocycles. The van der Waals surface area contributed by atoms with Gasteiger partial charge in [-0.25, -0.2) is 0 Å². The maximum Gasteiger partial charge on any atom is 0.306 e. The maximum atomic E-state index is 10.3. The first-order chi connectivity index (χ1) is 5.24. The van der Waals surface area contributed by atoms with Crippen LogP contribution < -0.4 is 0 Å². The van der Waals surface area contributed by atoms with E-state index in [1.807, 2.05) is 0 Å². The van der Waals surface area contributed by atoms with Gasteiger partial charge in [-0.3, -0.25) is 4.79 Å². The van der Waals surface area contributed by atoms with E-state index in [0.717, 1.165) is 0 Å². The predicted octanol–water partition coefficient (Wildman–Crippen LogP) is 0.0929. The maximum absolute atomic E-state index is 10.3. The molecule has 0 bridgehead atoms. The Morgan fingerprint density at radius 1 is 1.55 bits per heavy atom. The Hall–Kier alpha value is -1.01. The highest BCUT2D eigenvalue weighted by atomic mass is 16.4. The van der Waals surface area contributed by atoms with Crippen LogP contribution in [0.5, 0.6) is 0 Å². The van der Waals surface area contributed by atoms with Crippen molar-refractivity contribution in [2.24, 2.45) is 11.8 Å². The molecule has 1 fully saturated rings. The zero-order chi connectivity index (χ0) is 8.27. The van der Waals surface area contributed by atoms with Crippen LogP contribution in [0, 0.1) is 23.7 Å². The summed E-state index contributed by atoms with van der Waals surface area (Å²) >= 11 is 0. The molecule has 0 radical (unpaired) electrons. The van der Waals surface area contributed by atoms with Gasteiger partial charge in [0.2, 0.25) is 0 Å². The van der Waals surface area contributed by atoms with Crippen molar-refractivity contribution >= 4 is 5.97 Å². The molecule has 3 heteroatoms. The van der Waals surface area contributed by atoms with Gasteiger partial charge in [-0.05, 0) is 12.8 Å². The van der Waals surface area contributed by atoms with Gasteiger partial charge in [-0.1, -0.05) is 11.8 Å². The van der Waals surface area contributed by atoms with Crippen molar-refractivity contribution in [1.29, 1.82) is 0 Å². The molecule has 0 amide bonds. The van der Waals surface area contributed by atoms with E-state index in [0.29, 0.717) is 12.8 Å². The number of carbonyl (C=O) groups is 1. The minimum atomic E-state index is -0.730. The Labute approximate surface area is 65.0 Å². The molecule has 0 aliphatic heterocycles.